The summed E-state index contributed by atoms with van der Waals surface area (Å²) in [5.74, 6) is -0.235. The van der Waals surface area contributed by atoms with Gasteiger partial charge in [0, 0.05) is 0 Å². The van der Waals surface area contributed by atoms with Gasteiger partial charge in [-0.05, 0) is 45.0 Å². The van der Waals surface area contributed by atoms with E-state index < -0.39 is 18.0 Å². The van der Waals surface area contributed by atoms with E-state index in [1.165, 1.54) is 6.20 Å². The molecule has 0 N–H and O–H groups in total. The summed E-state index contributed by atoms with van der Waals surface area (Å²) in [6.45, 7) is 5.48. The topological polar surface area (TPSA) is 96.8 Å². The van der Waals surface area contributed by atoms with Crippen LogP contribution in [0.1, 0.15) is 31.3 Å². The number of aromatic nitrogens is 2. The van der Waals surface area contributed by atoms with Crippen LogP contribution in [0.5, 0.6) is 17.5 Å². The maximum atomic E-state index is 11.8. The van der Waals surface area contributed by atoms with Crippen molar-refractivity contribution in [2.45, 2.75) is 26.9 Å². The van der Waals surface area contributed by atoms with Crippen LogP contribution < -0.4 is 9.47 Å². The maximum absolute atomic E-state index is 11.8. The van der Waals surface area contributed by atoms with Gasteiger partial charge in [0.15, 0.2) is 11.8 Å². The summed E-state index contributed by atoms with van der Waals surface area (Å²) in [5.41, 5.74) is -0.0771. The molecule has 1 aromatic carbocycles. The zero-order valence-corrected chi connectivity index (χ0v) is 15.9. The molecule has 0 aliphatic carbocycles. The van der Waals surface area contributed by atoms with Crippen LogP contribution in [0.15, 0.2) is 30.5 Å². The van der Waals surface area contributed by atoms with Crippen LogP contribution >= 0.6 is 11.6 Å². The van der Waals surface area contributed by atoms with Gasteiger partial charge in [0.2, 0.25) is 0 Å². The number of hydrogen-bond acceptors (Lipinski definition) is 8. The van der Waals surface area contributed by atoms with E-state index in [0.717, 1.165) is 0 Å². The van der Waals surface area contributed by atoms with Gasteiger partial charge in [-0.1, -0.05) is 11.6 Å². The largest absolute Gasteiger partial charge is 0.479 e. The molecule has 0 bridgehead atoms. The van der Waals surface area contributed by atoms with Crippen molar-refractivity contribution in [3.05, 3.63) is 41.2 Å². The molecule has 0 fully saturated rings. The molecule has 0 aliphatic rings. The van der Waals surface area contributed by atoms with Crippen molar-refractivity contribution in [3.63, 3.8) is 0 Å². The first kappa shape index (κ1) is 20.4. The van der Waals surface area contributed by atoms with Crippen LogP contribution in [-0.4, -0.2) is 41.2 Å². The molecule has 2 aromatic rings. The predicted octanol–water partition coefficient (Wildman–Crippen LogP) is 3.43. The lowest BCUT2D eigenvalue weighted by Crippen LogP contribution is -2.25. The molecule has 0 aliphatic heterocycles. The van der Waals surface area contributed by atoms with Crippen molar-refractivity contribution in [2.24, 2.45) is 0 Å². The molecule has 0 spiro atoms. The number of carbonyl (C=O) groups excluding carboxylic acids is 2. The number of carbonyl (C=O) groups is 2. The Labute approximate surface area is 161 Å². The van der Waals surface area contributed by atoms with Crippen molar-refractivity contribution in [1.82, 2.24) is 9.97 Å². The van der Waals surface area contributed by atoms with Crippen molar-refractivity contribution < 1.29 is 28.5 Å². The summed E-state index contributed by atoms with van der Waals surface area (Å²) < 4.78 is 20.8. The monoisotopic (exact) mass is 394 g/mol. The van der Waals surface area contributed by atoms with E-state index in [4.69, 9.17) is 30.5 Å². The highest BCUT2D eigenvalue weighted by molar-refractivity contribution is 6.33. The van der Waals surface area contributed by atoms with Crippen LogP contribution in [0.3, 0.4) is 0 Å². The highest BCUT2D eigenvalue weighted by Gasteiger charge is 2.17. The Morgan fingerprint density at radius 2 is 1.70 bits per heavy atom. The van der Waals surface area contributed by atoms with Gasteiger partial charge >= 0.3 is 17.9 Å². The van der Waals surface area contributed by atoms with Crippen LogP contribution in [-0.2, 0) is 14.3 Å². The van der Waals surface area contributed by atoms with E-state index in [0.29, 0.717) is 11.5 Å². The van der Waals surface area contributed by atoms with E-state index in [1.54, 1.807) is 45.0 Å². The van der Waals surface area contributed by atoms with Crippen LogP contribution in [0.4, 0.5) is 0 Å². The summed E-state index contributed by atoms with van der Waals surface area (Å²) in [7, 11) is 0. The number of nitrogens with zero attached hydrogens (tertiary/aromatic N) is 2. The minimum Gasteiger partial charge on any atom is -0.479 e. The van der Waals surface area contributed by atoms with Gasteiger partial charge in [-0.3, -0.25) is 0 Å². The number of rotatable bonds is 8. The normalized spacial score (nSPS) is 11.4. The minimum atomic E-state index is -0.733. The van der Waals surface area contributed by atoms with Gasteiger partial charge in [-0.15, -0.1) is 0 Å². The maximum Gasteiger partial charge on any atom is 0.358 e. The average molecular weight is 395 g/mol. The predicted molar refractivity (Wildman–Crippen MR) is 96.2 cm³/mol. The van der Waals surface area contributed by atoms with E-state index in [-0.39, 0.29) is 29.9 Å². The molecule has 0 amide bonds. The Balaban J connectivity index is 2.05. The number of halogens is 1. The van der Waals surface area contributed by atoms with Crippen LogP contribution in [0.2, 0.25) is 5.02 Å². The molecule has 0 radical (unpaired) electrons. The van der Waals surface area contributed by atoms with E-state index in [9.17, 15) is 9.59 Å². The van der Waals surface area contributed by atoms with Gasteiger partial charge in [0.25, 0.3) is 0 Å². The lowest BCUT2D eigenvalue weighted by atomic mass is 10.3. The number of benzene rings is 1. The third-order valence-electron chi connectivity index (χ3n) is 3.16. The fraction of sp³-hybridized carbons (Fsp3) is 0.333. The molecule has 2 rings (SSSR count). The number of esters is 2. The fourth-order valence-corrected chi connectivity index (χ4v) is 2.11. The molecule has 27 heavy (non-hydrogen) atoms. The highest BCUT2D eigenvalue weighted by atomic mass is 35.5. The van der Waals surface area contributed by atoms with E-state index in [2.05, 4.69) is 9.97 Å². The highest BCUT2D eigenvalue weighted by Crippen LogP contribution is 2.24. The molecule has 1 unspecified atom stereocenters. The van der Waals surface area contributed by atoms with Crippen LogP contribution in [0, 0.1) is 0 Å². The minimum absolute atomic E-state index is 0.0592. The van der Waals surface area contributed by atoms with Gasteiger partial charge in [-0.25, -0.2) is 14.6 Å². The number of ether oxygens (including phenoxy) is 4. The standard InChI is InChI=1S/C18H19ClN2O6/c1-4-24-16(22)11(3)26-12-6-8-13(9-7-12)27-18-20-10-14(19)15(21-18)17(23)25-5-2/h6-11H,4-5H2,1-3H3. The second-order valence-electron chi connectivity index (χ2n) is 5.16. The van der Waals surface area contributed by atoms with Gasteiger partial charge in [0.05, 0.1) is 24.4 Å². The molecular formula is C18H19ClN2O6. The first-order chi connectivity index (χ1) is 12.9. The Morgan fingerprint density at radius 3 is 2.33 bits per heavy atom. The zero-order valence-electron chi connectivity index (χ0n) is 15.1. The lowest BCUT2D eigenvalue weighted by Gasteiger charge is -2.13. The van der Waals surface area contributed by atoms with Crippen molar-refractivity contribution >= 4 is 23.5 Å². The molecule has 1 aromatic heterocycles. The van der Waals surface area contributed by atoms with Gasteiger partial charge in [0.1, 0.15) is 11.5 Å². The van der Waals surface area contributed by atoms with Crippen molar-refractivity contribution in [1.29, 1.82) is 0 Å². The van der Waals surface area contributed by atoms with Crippen molar-refractivity contribution in [3.8, 4) is 17.5 Å². The Hall–Kier alpha value is -2.87. The zero-order chi connectivity index (χ0) is 19.8. The van der Waals surface area contributed by atoms with Gasteiger partial charge in [-0.2, -0.15) is 4.98 Å². The van der Waals surface area contributed by atoms with Crippen LogP contribution in [0.25, 0.3) is 0 Å². The second kappa shape index (κ2) is 9.72. The summed E-state index contributed by atoms with van der Waals surface area (Å²) in [4.78, 5) is 31.3. The third-order valence-corrected chi connectivity index (χ3v) is 3.43. The summed E-state index contributed by atoms with van der Waals surface area (Å²) in [5, 5.41) is 0.0671. The lowest BCUT2D eigenvalue weighted by molar-refractivity contribution is -0.150. The first-order valence-corrected chi connectivity index (χ1v) is 8.63. The molecule has 0 saturated carbocycles. The summed E-state index contributed by atoms with van der Waals surface area (Å²) in [6.07, 6.45) is 0.526. The Morgan fingerprint density at radius 1 is 1.07 bits per heavy atom. The molecular weight excluding hydrogens is 376 g/mol. The quantitative estimate of drug-likeness (QED) is 0.628. The summed E-state index contributed by atoms with van der Waals surface area (Å²) >= 11 is 5.91. The van der Waals surface area contributed by atoms with E-state index >= 15 is 0 Å². The smallest absolute Gasteiger partial charge is 0.358 e. The molecule has 1 heterocycles. The van der Waals surface area contributed by atoms with Crippen molar-refractivity contribution in [2.75, 3.05) is 13.2 Å². The Bertz CT molecular complexity index is 797. The molecule has 9 heteroatoms. The first-order valence-electron chi connectivity index (χ1n) is 8.25. The fourth-order valence-electron chi connectivity index (χ4n) is 1.95. The molecule has 8 nitrogen and oxygen atoms in total. The SMILES string of the molecule is CCOC(=O)c1nc(Oc2ccc(OC(C)C(=O)OCC)cc2)ncc1Cl. The average Bonchev–Trinajstić information content (AvgIpc) is 2.65. The third kappa shape index (κ3) is 5.82. The van der Waals surface area contributed by atoms with E-state index in [1.807, 2.05) is 0 Å². The Kier molecular flexibility index (Phi) is 7.36. The molecule has 1 atom stereocenters. The number of hydrogen-bond donors (Lipinski definition) is 0. The van der Waals surface area contributed by atoms with Gasteiger partial charge < -0.3 is 18.9 Å². The molecule has 144 valence electrons. The molecule has 0 saturated heterocycles. The summed E-state index contributed by atoms with van der Waals surface area (Å²) in [6, 6.07) is 6.39. The second-order valence-corrected chi connectivity index (χ2v) is 5.56.